The Balaban J connectivity index is 4.18. The molecule has 0 aromatic rings. The molecule has 3 heteroatoms. The van der Waals surface area contributed by atoms with E-state index in [1.54, 1.807) is 18.0 Å². The van der Waals surface area contributed by atoms with Crippen molar-refractivity contribution in [2.75, 3.05) is 13.3 Å². The lowest BCUT2D eigenvalue weighted by molar-refractivity contribution is 0.706. The quantitative estimate of drug-likeness (QED) is 0.448. The predicted molar refractivity (Wildman–Crippen MR) is 49.1 cm³/mol. The molecule has 10 heavy (non-hydrogen) atoms. The van der Waals surface area contributed by atoms with Crippen molar-refractivity contribution < 1.29 is 0 Å². The molecule has 0 saturated heterocycles. The van der Waals surface area contributed by atoms with E-state index in [0.717, 1.165) is 5.17 Å². The molecule has 0 amide bonds. The Morgan fingerprint density at radius 3 is 2.50 bits per heavy atom. The van der Waals surface area contributed by atoms with Crippen LogP contribution in [-0.2, 0) is 0 Å². The Hall–Kier alpha value is -0.700. The molecule has 0 radical (unpaired) electrons. The van der Waals surface area contributed by atoms with E-state index < -0.39 is 0 Å². The first-order valence-corrected chi connectivity index (χ1v) is 4.06. The van der Waals surface area contributed by atoms with Crippen molar-refractivity contribution in [1.82, 2.24) is 4.90 Å². The van der Waals surface area contributed by atoms with Gasteiger partial charge in [-0.1, -0.05) is 24.9 Å². The third-order valence-electron chi connectivity index (χ3n) is 0.960. The van der Waals surface area contributed by atoms with Crippen LogP contribution in [0, 0.1) is 0 Å². The smallest absolute Gasteiger partial charge is 0.167 e. The van der Waals surface area contributed by atoms with Gasteiger partial charge >= 0.3 is 0 Å². The maximum absolute atomic E-state index is 4.01. The second-order valence-electron chi connectivity index (χ2n) is 1.59. The van der Waals surface area contributed by atoms with Crippen molar-refractivity contribution in [3.8, 4) is 0 Å². The topological polar surface area (TPSA) is 15.6 Å². The second-order valence-corrected chi connectivity index (χ2v) is 2.37. The SMILES string of the molecule is C=CN=C(SC)N(C)C=C. The van der Waals surface area contributed by atoms with Crippen LogP contribution in [0.15, 0.2) is 30.6 Å². The van der Waals surface area contributed by atoms with E-state index in [9.17, 15) is 0 Å². The van der Waals surface area contributed by atoms with E-state index in [0.29, 0.717) is 0 Å². The van der Waals surface area contributed by atoms with E-state index in [1.165, 1.54) is 6.20 Å². The fourth-order valence-corrected chi connectivity index (χ4v) is 0.986. The van der Waals surface area contributed by atoms with Gasteiger partial charge in [-0.2, -0.15) is 0 Å². The lowest BCUT2D eigenvalue weighted by Gasteiger charge is -2.12. The summed E-state index contributed by atoms with van der Waals surface area (Å²) in [5.74, 6) is 0. The van der Waals surface area contributed by atoms with Crippen molar-refractivity contribution in [1.29, 1.82) is 0 Å². The van der Waals surface area contributed by atoms with Gasteiger partial charge in [0.05, 0.1) is 0 Å². The molecule has 0 atom stereocenters. The van der Waals surface area contributed by atoms with Crippen molar-refractivity contribution in [3.05, 3.63) is 25.6 Å². The van der Waals surface area contributed by atoms with Gasteiger partial charge in [-0.25, -0.2) is 4.99 Å². The third-order valence-corrected chi connectivity index (χ3v) is 1.72. The molecule has 0 aliphatic heterocycles. The lowest BCUT2D eigenvalue weighted by atomic mass is 10.8. The third kappa shape index (κ3) is 2.73. The number of hydrogen-bond acceptors (Lipinski definition) is 2. The minimum absolute atomic E-state index is 0.894. The molecule has 0 aromatic carbocycles. The molecular weight excluding hydrogens is 144 g/mol. The van der Waals surface area contributed by atoms with Crippen molar-refractivity contribution in [3.63, 3.8) is 0 Å². The molecule has 0 bridgehead atoms. The van der Waals surface area contributed by atoms with E-state index in [-0.39, 0.29) is 0 Å². The summed E-state index contributed by atoms with van der Waals surface area (Å²) in [6.07, 6.45) is 5.19. The maximum Gasteiger partial charge on any atom is 0.167 e. The average molecular weight is 156 g/mol. The monoisotopic (exact) mass is 156 g/mol. The van der Waals surface area contributed by atoms with Crippen LogP contribution in [0.3, 0.4) is 0 Å². The van der Waals surface area contributed by atoms with Crippen LogP contribution in [0.1, 0.15) is 0 Å². The number of aliphatic imine (C=N–C) groups is 1. The van der Waals surface area contributed by atoms with Crippen molar-refractivity contribution in [2.45, 2.75) is 0 Å². The summed E-state index contributed by atoms with van der Waals surface area (Å²) in [4.78, 5) is 5.85. The van der Waals surface area contributed by atoms with Gasteiger partial charge < -0.3 is 4.90 Å². The highest BCUT2D eigenvalue weighted by atomic mass is 32.2. The van der Waals surface area contributed by atoms with E-state index in [2.05, 4.69) is 18.2 Å². The Morgan fingerprint density at radius 1 is 1.60 bits per heavy atom. The van der Waals surface area contributed by atoms with Gasteiger partial charge in [0.1, 0.15) is 0 Å². The summed E-state index contributed by atoms with van der Waals surface area (Å²) >= 11 is 1.56. The Bertz CT molecular complexity index is 152. The van der Waals surface area contributed by atoms with E-state index in [4.69, 9.17) is 0 Å². The highest BCUT2D eigenvalue weighted by molar-refractivity contribution is 8.13. The number of nitrogens with zero attached hydrogens (tertiary/aromatic N) is 2. The zero-order valence-electron chi connectivity index (χ0n) is 6.37. The highest BCUT2D eigenvalue weighted by Crippen LogP contribution is 2.02. The molecule has 0 heterocycles. The molecule has 0 N–H and O–H groups in total. The van der Waals surface area contributed by atoms with Crippen molar-refractivity contribution in [2.24, 2.45) is 4.99 Å². The van der Waals surface area contributed by atoms with Crippen LogP contribution in [-0.4, -0.2) is 23.4 Å². The van der Waals surface area contributed by atoms with Crippen LogP contribution in [0.4, 0.5) is 0 Å². The molecule has 0 unspecified atom stereocenters. The molecule has 0 aliphatic carbocycles. The number of rotatable bonds is 2. The summed E-state index contributed by atoms with van der Waals surface area (Å²) in [7, 11) is 1.89. The number of hydrogen-bond donors (Lipinski definition) is 0. The van der Waals surface area contributed by atoms with E-state index in [1.807, 2.05) is 18.2 Å². The van der Waals surface area contributed by atoms with Crippen LogP contribution in [0.25, 0.3) is 0 Å². The summed E-state index contributed by atoms with van der Waals surface area (Å²) in [5.41, 5.74) is 0. The van der Waals surface area contributed by atoms with Gasteiger partial charge in [-0.3, -0.25) is 0 Å². The molecule has 0 rings (SSSR count). The normalized spacial score (nSPS) is 10.8. The van der Waals surface area contributed by atoms with Gasteiger partial charge in [0.15, 0.2) is 5.17 Å². The number of amidine groups is 1. The number of thioether (sulfide) groups is 1. The maximum atomic E-state index is 4.01. The van der Waals surface area contributed by atoms with Crippen LogP contribution < -0.4 is 0 Å². The second kappa shape index (κ2) is 5.11. The zero-order valence-corrected chi connectivity index (χ0v) is 7.19. The lowest BCUT2D eigenvalue weighted by Crippen LogP contribution is -2.16. The first-order chi connectivity index (χ1) is 4.76. The molecule has 56 valence electrons. The first-order valence-electron chi connectivity index (χ1n) is 2.84. The van der Waals surface area contributed by atoms with Gasteiger partial charge in [0, 0.05) is 13.2 Å². The minimum atomic E-state index is 0.894. The Labute approximate surface area is 66.3 Å². The molecule has 2 nitrogen and oxygen atoms in total. The fraction of sp³-hybridized carbons (Fsp3) is 0.286. The zero-order chi connectivity index (χ0) is 7.98. The summed E-state index contributed by atoms with van der Waals surface area (Å²) in [6.45, 7) is 7.11. The van der Waals surface area contributed by atoms with Crippen LogP contribution in [0.2, 0.25) is 0 Å². The fourth-order valence-electron chi connectivity index (χ4n) is 0.444. The molecule has 0 aromatic heterocycles. The molecule has 0 saturated carbocycles. The molecule has 0 spiro atoms. The molecular formula is C7H12N2S. The standard InChI is InChI=1S/C7H12N2S/c1-5-8-7(10-4)9(3)6-2/h5-6H,1-2H2,3-4H3. The van der Waals surface area contributed by atoms with Gasteiger partial charge in [-0.05, 0) is 12.5 Å². The molecule has 0 aliphatic rings. The summed E-state index contributed by atoms with van der Waals surface area (Å²) < 4.78 is 0. The van der Waals surface area contributed by atoms with Crippen LogP contribution >= 0.6 is 11.8 Å². The Kier molecular flexibility index (Phi) is 4.76. The van der Waals surface area contributed by atoms with Gasteiger partial charge in [-0.15, -0.1) is 0 Å². The minimum Gasteiger partial charge on any atom is -0.331 e. The van der Waals surface area contributed by atoms with Crippen molar-refractivity contribution >= 4 is 16.9 Å². The van der Waals surface area contributed by atoms with Gasteiger partial charge in [0.25, 0.3) is 0 Å². The average Bonchev–Trinajstić information content (AvgIpc) is 1.99. The predicted octanol–water partition coefficient (Wildman–Crippen LogP) is 1.92. The summed E-state index contributed by atoms with van der Waals surface area (Å²) in [5, 5.41) is 0.894. The highest BCUT2D eigenvalue weighted by Gasteiger charge is 1.97. The largest absolute Gasteiger partial charge is 0.331 e. The first kappa shape index (κ1) is 9.30. The molecule has 0 fully saturated rings. The van der Waals surface area contributed by atoms with E-state index >= 15 is 0 Å². The van der Waals surface area contributed by atoms with Gasteiger partial charge in [0.2, 0.25) is 0 Å². The Morgan fingerprint density at radius 2 is 2.20 bits per heavy atom. The summed E-state index contributed by atoms with van der Waals surface area (Å²) in [6, 6.07) is 0. The van der Waals surface area contributed by atoms with Crippen LogP contribution in [0.5, 0.6) is 0 Å².